The summed E-state index contributed by atoms with van der Waals surface area (Å²) in [6.45, 7) is 9.98. The van der Waals surface area contributed by atoms with Crippen LogP contribution in [0.5, 0.6) is 0 Å². The van der Waals surface area contributed by atoms with Crippen LogP contribution in [0, 0.1) is 17.8 Å². The number of aliphatic carboxylic acids is 3. The third kappa shape index (κ3) is 23.2. The molecule has 0 rings (SSSR count). The number of rotatable bonds is 31. The summed E-state index contributed by atoms with van der Waals surface area (Å²) in [5, 5.41) is 30.3. The van der Waals surface area contributed by atoms with Crippen molar-refractivity contribution >= 4 is 17.9 Å². The molecule has 0 aliphatic carbocycles. The normalized spacial score (nSPS) is 15.3. The molecule has 0 aliphatic heterocycles. The van der Waals surface area contributed by atoms with Gasteiger partial charge in [0.15, 0.2) is 0 Å². The van der Waals surface area contributed by atoms with Crippen LogP contribution < -0.4 is 5.11 Å². The van der Waals surface area contributed by atoms with E-state index in [4.69, 9.17) is 0 Å². The van der Waals surface area contributed by atoms with Crippen LogP contribution in [0.4, 0.5) is 0 Å². The molecule has 3 atom stereocenters. The van der Waals surface area contributed by atoms with E-state index < -0.39 is 35.7 Å². The molecule has 0 radical (unpaired) electrons. The summed E-state index contributed by atoms with van der Waals surface area (Å²) in [7, 11) is 0. The first-order valence-corrected chi connectivity index (χ1v) is 17.7. The molecule has 0 amide bonds. The Bertz CT molecular complexity index is 692. The van der Waals surface area contributed by atoms with E-state index in [0.717, 1.165) is 25.8 Å². The molecule has 0 fully saturated rings. The highest BCUT2D eigenvalue weighted by Crippen LogP contribution is 2.22. The average molecular weight is 610 g/mol. The van der Waals surface area contributed by atoms with Gasteiger partial charge in [-0.05, 0) is 38.5 Å². The second-order valence-electron chi connectivity index (χ2n) is 13.3. The van der Waals surface area contributed by atoms with Crippen LogP contribution in [0.3, 0.4) is 0 Å². The van der Waals surface area contributed by atoms with Crippen molar-refractivity contribution in [3.63, 3.8) is 0 Å². The first-order valence-electron chi connectivity index (χ1n) is 17.7. The van der Waals surface area contributed by atoms with Gasteiger partial charge in [0.05, 0.1) is 38.0 Å². The van der Waals surface area contributed by atoms with E-state index in [-0.39, 0.29) is 0 Å². The summed E-state index contributed by atoms with van der Waals surface area (Å²) in [5.41, 5.74) is 0. The smallest absolute Gasteiger partial charge is 0.306 e. The van der Waals surface area contributed by atoms with Crippen molar-refractivity contribution in [2.45, 2.75) is 156 Å². The average Bonchev–Trinajstić information content (AvgIpc) is 2.97. The van der Waals surface area contributed by atoms with Gasteiger partial charge in [0.25, 0.3) is 0 Å². The van der Waals surface area contributed by atoms with Gasteiger partial charge >= 0.3 is 11.9 Å². The lowest BCUT2D eigenvalue weighted by molar-refractivity contribution is -0.929. The maximum Gasteiger partial charge on any atom is 0.306 e. The second kappa shape index (κ2) is 26.5. The summed E-state index contributed by atoms with van der Waals surface area (Å²) in [6.07, 6.45) is 27.6. The molecule has 252 valence electrons. The van der Waals surface area contributed by atoms with E-state index in [0.29, 0.717) is 43.4 Å². The minimum Gasteiger partial charge on any atom is -0.550 e. The predicted molar refractivity (Wildman–Crippen MR) is 175 cm³/mol. The van der Waals surface area contributed by atoms with E-state index in [9.17, 15) is 29.7 Å². The molecule has 0 aromatic carbocycles. The topological polar surface area (TPSA) is 115 Å². The third-order valence-corrected chi connectivity index (χ3v) is 9.25. The molecule has 7 heteroatoms. The lowest BCUT2D eigenvalue weighted by atomic mass is 10.0. The Morgan fingerprint density at radius 2 is 0.907 bits per heavy atom. The van der Waals surface area contributed by atoms with Crippen molar-refractivity contribution in [3.05, 3.63) is 12.2 Å². The zero-order valence-corrected chi connectivity index (χ0v) is 28.3. The van der Waals surface area contributed by atoms with Crippen molar-refractivity contribution in [2.75, 3.05) is 26.2 Å². The molecular formula is C36H67NO6. The molecule has 0 bridgehead atoms. The Hall–Kier alpha value is -1.89. The fourth-order valence-corrected chi connectivity index (χ4v) is 5.66. The summed E-state index contributed by atoms with van der Waals surface area (Å²) >= 11 is 0. The first-order chi connectivity index (χ1) is 20.5. The Morgan fingerprint density at radius 3 is 1.28 bits per heavy atom. The third-order valence-electron chi connectivity index (χ3n) is 9.25. The maximum absolute atomic E-state index is 11.5. The molecule has 43 heavy (non-hydrogen) atoms. The highest BCUT2D eigenvalue weighted by Gasteiger charge is 2.30. The zero-order valence-electron chi connectivity index (χ0n) is 28.3. The number of allylic oxidation sites excluding steroid dienone is 2. The van der Waals surface area contributed by atoms with Crippen LogP contribution in [-0.4, -0.2) is 58.8 Å². The number of carboxylic acid groups (broad SMARTS) is 3. The Kier molecular flexibility index (Phi) is 25.3. The predicted octanol–water partition coefficient (Wildman–Crippen LogP) is 8.01. The van der Waals surface area contributed by atoms with Crippen molar-refractivity contribution in [3.8, 4) is 0 Å². The number of quaternary nitrogens is 1. The summed E-state index contributed by atoms with van der Waals surface area (Å²) in [4.78, 5) is 34.4. The summed E-state index contributed by atoms with van der Waals surface area (Å²) in [6, 6.07) is 0. The van der Waals surface area contributed by atoms with Crippen LogP contribution in [0.25, 0.3) is 0 Å². The van der Waals surface area contributed by atoms with Gasteiger partial charge in [0, 0.05) is 31.1 Å². The van der Waals surface area contributed by atoms with Gasteiger partial charge in [0.2, 0.25) is 0 Å². The van der Waals surface area contributed by atoms with Crippen molar-refractivity contribution in [2.24, 2.45) is 17.8 Å². The largest absolute Gasteiger partial charge is 0.550 e. The van der Waals surface area contributed by atoms with Gasteiger partial charge in [-0.1, -0.05) is 110 Å². The molecule has 7 nitrogen and oxygen atoms in total. The summed E-state index contributed by atoms with van der Waals surface area (Å²) in [5.74, 6) is -4.31. The highest BCUT2D eigenvalue weighted by molar-refractivity contribution is 5.69. The minimum absolute atomic E-state index is 0.445. The van der Waals surface area contributed by atoms with Gasteiger partial charge < -0.3 is 24.6 Å². The SMILES string of the molecule is CCCCCCCC/C=C/CCCCCCCCCCC[N+](CCC(C)C(=O)[O-])(CCC(C)C(=O)O)CCC(C)C(=O)O. The molecule has 0 aromatic heterocycles. The van der Waals surface area contributed by atoms with Crippen molar-refractivity contribution < 1.29 is 34.2 Å². The van der Waals surface area contributed by atoms with E-state index in [1.165, 1.54) is 89.9 Å². The number of nitrogens with zero attached hydrogens (tertiary/aromatic N) is 1. The lowest BCUT2D eigenvalue weighted by Gasteiger charge is -2.41. The second-order valence-corrected chi connectivity index (χ2v) is 13.3. The minimum atomic E-state index is -1.07. The van der Waals surface area contributed by atoms with E-state index in [1.54, 1.807) is 20.8 Å². The molecule has 0 heterocycles. The molecule has 0 saturated heterocycles. The monoisotopic (exact) mass is 609 g/mol. The fourth-order valence-electron chi connectivity index (χ4n) is 5.66. The van der Waals surface area contributed by atoms with E-state index in [2.05, 4.69) is 19.1 Å². The molecule has 0 spiro atoms. The Labute approximate surface area is 264 Å². The number of carboxylic acids is 3. The summed E-state index contributed by atoms with van der Waals surface area (Å²) < 4.78 is 0.584. The van der Waals surface area contributed by atoms with Gasteiger partial charge in [-0.3, -0.25) is 9.59 Å². The van der Waals surface area contributed by atoms with Crippen LogP contribution in [0.2, 0.25) is 0 Å². The van der Waals surface area contributed by atoms with E-state index in [1.807, 2.05) is 0 Å². The van der Waals surface area contributed by atoms with Crippen LogP contribution in [-0.2, 0) is 14.4 Å². The van der Waals surface area contributed by atoms with Crippen molar-refractivity contribution in [1.82, 2.24) is 0 Å². The van der Waals surface area contributed by atoms with Gasteiger partial charge in [-0.15, -0.1) is 0 Å². The van der Waals surface area contributed by atoms with Crippen molar-refractivity contribution in [1.29, 1.82) is 0 Å². The van der Waals surface area contributed by atoms with Crippen LogP contribution >= 0.6 is 0 Å². The molecule has 2 N–H and O–H groups in total. The Balaban J connectivity index is 4.46. The molecule has 0 aromatic rings. The van der Waals surface area contributed by atoms with Gasteiger partial charge in [0.1, 0.15) is 0 Å². The quantitative estimate of drug-likeness (QED) is 0.0467. The standard InChI is InChI=1S/C36H67NO6/c1-5-6-7-8-9-10-11-12-13-14-15-16-17-18-19-20-21-22-23-27-37(28-24-31(2)34(38)39,29-25-32(3)35(40)41)30-26-33(4)36(42)43/h12-13,31-33H,5-11,14-30H2,1-4H3,(H2-,38,39,40,41,42,43)/b13-12+. The lowest BCUT2D eigenvalue weighted by Crippen LogP contribution is -2.52. The van der Waals surface area contributed by atoms with Crippen LogP contribution in [0.1, 0.15) is 156 Å². The highest BCUT2D eigenvalue weighted by atomic mass is 16.4. The zero-order chi connectivity index (χ0) is 32.3. The molecule has 0 saturated carbocycles. The number of hydrogen-bond donors (Lipinski definition) is 2. The molecule has 3 unspecified atom stereocenters. The number of hydrogen-bond acceptors (Lipinski definition) is 4. The van der Waals surface area contributed by atoms with Gasteiger partial charge in [-0.25, -0.2) is 0 Å². The Morgan fingerprint density at radius 1 is 0.558 bits per heavy atom. The number of carbonyl (C=O) groups is 3. The van der Waals surface area contributed by atoms with E-state index >= 15 is 0 Å². The maximum atomic E-state index is 11.5. The first kappa shape index (κ1) is 41.1. The number of unbranched alkanes of at least 4 members (excludes halogenated alkanes) is 15. The molecular weight excluding hydrogens is 542 g/mol. The molecule has 0 aliphatic rings. The van der Waals surface area contributed by atoms with Gasteiger partial charge in [-0.2, -0.15) is 0 Å². The van der Waals surface area contributed by atoms with Crippen LogP contribution in [0.15, 0.2) is 12.2 Å². The number of carbonyl (C=O) groups excluding carboxylic acids is 1. The fraction of sp³-hybridized carbons (Fsp3) is 0.861.